The van der Waals surface area contributed by atoms with Crippen molar-refractivity contribution in [1.82, 2.24) is 10.4 Å². The molecule has 26 heavy (non-hydrogen) atoms. The molecule has 2 rings (SSSR count). The van der Waals surface area contributed by atoms with Crippen molar-refractivity contribution >= 4 is 27.8 Å². The first-order valence-corrected chi connectivity index (χ1v) is 9.54. The Morgan fingerprint density at radius 3 is 2.38 bits per heavy atom. The predicted octanol–water partition coefficient (Wildman–Crippen LogP) is 1.39. The number of benzene rings is 1. The second-order valence-electron chi connectivity index (χ2n) is 5.45. The molecule has 1 heterocycles. The highest BCUT2D eigenvalue weighted by Crippen LogP contribution is 2.23. The van der Waals surface area contributed by atoms with Crippen molar-refractivity contribution in [2.24, 2.45) is 5.10 Å². The van der Waals surface area contributed by atoms with E-state index in [2.05, 4.69) is 15.5 Å². The highest BCUT2D eigenvalue weighted by atomic mass is 32.2. The number of hydrogen-bond donors (Lipinski definition) is 1. The average Bonchev–Trinajstić information content (AvgIpc) is 2.62. The number of anilines is 1. The lowest BCUT2D eigenvalue weighted by molar-refractivity contribution is -0.121. The van der Waals surface area contributed by atoms with E-state index in [1.807, 2.05) is 0 Å². The summed E-state index contributed by atoms with van der Waals surface area (Å²) in [4.78, 5) is 16.2. The number of methoxy groups -OCH3 is 1. The summed E-state index contributed by atoms with van der Waals surface area (Å²) in [5.74, 6) is 0.0257. The van der Waals surface area contributed by atoms with Gasteiger partial charge in [-0.05, 0) is 48.9 Å². The molecule has 0 aliphatic heterocycles. The number of pyridine rings is 1. The summed E-state index contributed by atoms with van der Waals surface area (Å²) < 4.78 is 30.5. The van der Waals surface area contributed by atoms with Crippen LogP contribution in [0.15, 0.2) is 53.9 Å². The van der Waals surface area contributed by atoms with Crippen molar-refractivity contribution in [3.63, 3.8) is 0 Å². The minimum atomic E-state index is -3.69. The summed E-state index contributed by atoms with van der Waals surface area (Å²) >= 11 is 0. The number of carbonyl (C=O) groups excluding carboxylic acids is 1. The van der Waals surface area contributed by atoms with Crippen LogP contribution < -0.4 is 14.5 Å². The molecule has 1 amide bonds. The normalized spacial score (nSPS) is 12.6. The molecular weight excluding hydrogens is 356 g/mol. The fraction of sp³-hybridized carbons (Fsp3) is 0.235. The van der Waals surface area contributed by atoms with Crippen LogP contribution in [0.1, 0.15) is 12.5 Å². The standard InChI is InChI=1S/C17H20N4O4S/c1-13(17(22)20-19-12-14-8-10-18-11-9-14)21(26(3,23)24)15-4-6-16(25-2)7-5-15/h4-13H,1-3H3,(H,20,22)/b19-12-/t13-/m1/s1. The van der Waals surface area contributed by atoms with Gasteiger partial charge in [0.2, 0.25) is 10.0 Å². The fourth-order valence-corrected chi connectivity index (χ4v) is 3.43. The third-order valence-corrected chi connectivity index (χ3v) is 4.75. The molecule has 0 saturated heterocycles. The molecule has 0 unspecified atom stereocenters. The highest BCUT2D eigenvalue weighted by Gasteiger charge is 2.29. The second kappa shape index (κ2) is 8.43. The van der Waals surface area contributed by atoms with Crippen LogP contribution in [-0.2, 0) is 14.8 Å². The van der Waals surface area contributed by atoms with Crippen molar-refractivity contribution in [3.05, 3.63) is 54.4 Å². The molecule has 0 spiro atoms. The smallest absolute Gasteiger partial charge is 0.263 e. The van der Waals surface area contributed by atoms with Crippen LogP contribution in [0.2, 0.25) is 0 Å². The van der Waals surface area contributed by atoms with Crippen LogP contribution in [0, 0.1) is 0 Å². The summed E-state index contributed by atoms with van der Waals surface area (Å²) in [6, 6.07) is 8.85. The summed E-state index contributed by atoms with van der Waals surface area (Å²) in [6.45, 7) is 1.49. The van der Waals surface area contributed by atoms with Gasteiger partial charge in [0, 0.05) is 12.4 Å². The van der Waals surface area contributed by atoms with Gasteiger partial charge in [-0.15, -0.1) is 0 Å². The van der Waals surface area contributed by atoms with E-state index in [-0.39, 0.29) is 0 Å². The topological polar surface area (TPSA) is 101 Å². The third-order valence-electron chi connectivity index (χ3n) is 3.51. The Kier molecular flexibility index (Phi) is 6.29. The molecule has 0 fully saturated rings. The first-order chi connectivity index (χ1) is 12.3. The number of carbonyl (C=O) groups is 1. The SMILES string of the molecule is COc1ccc(N([C@H](C)C(=O)N/N=C\c2ccncc2)S(C)(=O)=O)cc1. The van der Waals surface area contributed by atoms with Crippen LogP contribution in [0.25, 0.3) is 0 Å². The number of hydrazone groups is 1. The maximum absolute atomic E-state index is 12.3. The molecule has 2 aromatic rings. The van der Waals surface area contributed by atoms with E-state index >= 15 is 0 Å². The molecule has 0 aliphatic carbocycles. The number of aromatic nitrogens is 1. The van der Waals surface area contributed by atoms with Crippen molar-refractivity contribution in [1.29, 1.82) is 0 Å². The van der Waals surface area contributed by atoms with Crippen LogP contribution in [0.4, 0.5) is 5.69 Å². The number of sulfonamides is 1. The molecule has 138 valence electrons. The van der Waals surface area contributed by atoms with Gasteiger partial charge >= 0.3 is 0 Å². The molecule has 1 N–H and O–H groups in total. The second-order valence-corrected chi connectivity index (χ2v) is 7.31. The molecule has 9 heteroatoms. The lowest BCUT2D eigenvalue weighted by atomic mass is 10.2. The Morgan fingerprint density at radius 2 is 1.85 bits per heavy atom. The van der Waals surface area contributed by atoms with Gasteiger partial charge in [0.05, 0.1) is 25.3 Å². The minimum absolute atomic E-state index is 0.356. The van der Waals surface area contributed by atoms with Crippen LogP contribution in [0.5, 0.6) is 5.75 Å². The largest absolute Gasteiger partial charge is 0.497 e. The summed E-state index contributed by atoms with van der Waals surface area (Å²) in [5.41, 5.74) is 3.46. The first-order valence-electron chi connectivity index (χ1n) is 7.69. The molecule has 0 bridgehead atoms. The first kappa shape index (κ1) is 19.4. The van der Waals surface area contributed by atoms with Gasteiger partial charge in [0.15, 0.2) is 0 Å². The van der Waals surface area contributed by atoms with Gasteiger partial charge in [-0.3, -0.25) is 14.1 Å². The van der Waals surface area contributed by atoms with Crippen molar-refractivity contribution in [2.75, 3.05) is 17.7 Å². The molecule has 1 aromatic heterocycles. The van der Waals surface area contributed by atoms with Crippen molar-refractivity contribution in [3.8, 4) is 5.75 Å². The quantitative estimate of drug-likeness (QED) is 0.581. The lowest BCUT2D eigenvalue weighted by Crippen LogP contribution is -2.46. The van der Waals surface area contributed by atoms with E-state index in [9.17, 15) is 13.2 Å². The van der Waals surface area contributed by atoms with E-state index in [1.54, 1.807) is 48.8 Å². The summed E-state index contributed by atoms with van der Waals surface area (Å²) in [6.07, 6.45) is 5.69. The van der Waals surface area contributed by atoms with Crippen molar-refractivity contribution in [2.45, 2.75) is 13.0 Å². The Bertz CT molecular complexity index is 867. The monoisotopic (exact) mass is 376 g/mol. The summed E-state index contributed by atoms with van der Waals surface area (Å²) in [5, 5.41) is 3.85. The van der Waals surface area contributed by atoms with E-state index in [1.165, 1.54) is 20.2 Å². The number of ether oxygens (including phenoxy) is 1. The number of amides is 1. The number of nitrogens with one attached hydrogen (secondary N) is 1. The maximum atomic E-state index is 12.3. The molecule has 8 nitrogen and oxygen atoms in total. The molecule has 0 saturated carbocycles. The van der Waals surface area contributed by atoms with E-state index in [0.29, 0.717) is 11.4 Å². The zero-order valence-corrected chi connectivity index (χ0v) is 15.5. The van der Waals surface area contributed by atoms with Crippen LogP contribution in [0.3, 0.4) is 0 Å². The zero-order chi connectivity index (χ0) is 19.2. The maximum Gasteiger partial charge on any atom is 0.263 e. The Hall–Kier alpha value is -2.94. The predicted molar refractivity (Wildman–Crippen MR) is 99.8 cm³/mol. The van der Waals surface area contributed by atoms with Gasteiger partial charge < -0.3 is 4.74 Å². The van der Waals surface area contributed by atoms with E-state index in [0.717, 1.165) is 16.1 Å². The van der Waals surface area contributed by atoms with Crippen molar-refractivity contribution < 1.29 is 17.9 Å². The number of nitrogens with zero attached hydrogens (tertiary/aromatic N) is 3. The Balaban J connectivity index is 2.16. The Labute approximate surface area is 152 Å². The minimum Gasteiger partial charge on any atom is -0.497 e. The third kappa shape index (κ3) is 5.03. The van der Waals surface area contributed by atoms with Gasteiger partial charge in [0.1, 0.15) is 11.8 Å². The van der Waals surface area contributed by atoms with Gasteiger partial charge in [0.25, 0.3) is 5.91 Å². The summed E-state index contributed by atoms with van der Waals surface area (Å²) in [7, 11) is -2.17. The molecule has 1 aromatic carbocycles. The van der Waals surface area contributed by atoms with Gasteiger partial charge in [-0.2, -0.15) is 5.10 Å². The molecule has 1 atom stereocenters. The number of rotatable bonds is 7. The fourth-order valence-electron chi connectivity index (χ4n) is 2.25. The van der Waals surface area contributed by atoms with Crippen LogP contribution in [-0.4, -0.2) is 44.9 Å². The highest BCUT2D eigenvalue weighted by molar-refractivity contribution is 7.92. The van der Waals surface area contributed by atoms with Gasteiger partial charge in [-0.25, -0.2) is 13.8 Å². The zero-order valence-electron chi connectivity index (χ0n) is 14.7. The molecule has 0 aliphatic rings. The van der Waals surface area contributed by atoms with Crippen LogP contribution >= 0.6 is 0 Å². The van der Waals surface area contributed by atoms with E-state index in [4.69, 9.17) is 4.74 Å². The molecule has 0 radical (unpaired) electrons. The van der Waals surface area contributed by atoms with E-state index < -0.39 is 22.0 Å². The Morgan fingerprint density at radius 1 is 1.23 bits per heavy atom. The lowest BCUT2D eigenvalue weighted by Gasteiger charge is -2.27. The average molecular weight is 376 g/mol. The van der Waals surface area contributed by atoms with Gasteiger partial charge in [-0.1, -0.05) is 0 Å². The molecular formula is C17H20N4O4S. The number of hydrogen-bond acceptors (Lipinski definition) is 6.